The van der Waals surface area contributed by atoms with E-state index in [9.17, 15) is 8.42 Å². The van der Waals surface area contributed by atoms with Crippen LogP contribution in [-0.4, -0.2) is 75.7 Å². The van der Waals surface area contributed by atoms with E-state index in [1.165, 1.54) is 9.31 Å². The first-order valence-corrected chi connectivity index (χ1v) is 14.0. The third-order valence-electron chi connectivity index (χ3n) is 5.33. The fourth-order valence-electron chi connectivity index (χ4n) is 3.62. The predicted octanol–water partition coefficient (Wildman–Crippen LogP) is 4.94. The maximum Gasteiger partial charge on any atom is 0.300 e. The molecule has 2 aliphatic heterocycles. The minimum absolute atomic E-state index is 0. The fraction of sp³-hybridized carbons (Fsp3) is 0.292. The van der Waals surface area contributed by atoms with E-state index in [0.29, 0.717) is 34.3 Å². The molecule has 0 bridgehead atoms. The molecule has 38 heavy (non-hydrogen) atoms. The van der Waals surface area contributed by atoms with E-state index in [1.54, 1.807) is 31.2 Å². The number of rotatable bonds is 6. The minimum atomic E-state index is -3.47. The van der Waals surface area contributed by atoms with Gasteiger partial charge < -0.3 is 17.7 Å². The standard InChI is InChI=1S/C22H24N6O2S3.C2H4O2.Pb/c1-16-20(21(23)28(25-16)18-8-4-2-5-9-18)22(31)32-26-24-17-10-12-19(13-11-17)33(29,30)27-14-6-3-7-15-27;1-2(3)4;/h2,4-5,8-13,23,31H,3,6-7,14-15H2,1H3;1H3,(H,3,4);/p-1/b22-20-,23-21?,26-24?;;. The second kappa shape index (κ2) is 14.8. The first-order valence-electron chi connectivity index (χ1n) is 11.4. The number of amidine groups is 1. The molecule has 0 aromatic heterocycles. The topological polar surface area (TPSA) is 139 Å². The Hall–Kier alpha value is -2.21. The molecular formula is C24H27N6O4PbS3-. The van der Waals surface area contributed by atoms with Crippen molar-refractivity contribution in [3.63, 3.8) is 0 Å². The van der Waals surface area contributed by atoms with Crippen molar-refractivity contribution in [3.8, 4) is 0 Å². The van der Waals surface area contributed by atoms with Crippen LogP contribution in [0.15, 0.2) is 84.0 Å². The molecule has 0 atom stereocenters. The Labute approximate surface area is 252 Å². The summed E-state index contributed by atoms with van der Waals surface area (Å²) in [5.74, 6) is -0.640. The molecule has 14 heteroatoms. The Balaban J connectivity index is 0.000000947. The van der Waals surface area contributed by atoms with Crippen molar-refractivity contribution in [1.29, 1.82) is 5.41 Å². The van der Waals surface area contributed by atoms with Gasteiger partial charge in [-0.2, -0.15) is 9.41 Å². The summed E-state index contributed by atoms with van der Waals surface area (Å²) < 4.78 is 31.5. The molecule has 2 N–H and O–H groups in total. The van der Waals surface area contributed by atoms with Crippen LogP contribution in [0.25, 0.3) is 0 Å². The Bertz CT molecular complexity index is 1320. The van der Waals surface area contributed by atoms with Crippen LogP contribution in [0.1, 0.15) is 33.1 Å². The number of anilines is 1. The fourth-order valence-corrected chi connectivity index (χ4v) is 6.02. The predicted molar refractivity (Wildman–Crippen MR) is 154 cm³/mol. The summed E-state index contributed by atoms with van der Waals surface area (Å²) in [5.41, 5.74) is 2.49. The van der Waals surface area contributed by atoms with Gasteiger partial charge in [0.1, 0.15) is 0 Å². The minimum Gasteiger partial charge on any atom is -0.770 e. The van der Waals surface area contributed by atoms with Crippen LogP contribution in [0, 0.1) is 5.41 Å². The van der Waals surface area contributed by atoms with E-state index in [0.717, 1.165) is 43.8 Å². The molecule has 1 saturated heterocycles. The van der Waals surface area contributed by atoms with Gasteiger partial charge in [0, 0.05) is 64.8 Å². The maximum atomic E-state index is 12.8. The number of sulfonamides is 1. The molecule has 0 spiro atoms. The van der Waals surface area contributed by atoms with Gasteiger partial charge in [-0.3, -0.25) is 10.2 Å². The normalized spacial score (nSPS) is 17.4. The van der Waals surface area contributed by atoms with Crippen molar-refractivity contribution >= 4 is 90.8 Å². The van der Waals surface area contributed by atoms with E-state index >= 15 is 0 Å². The summed E-state index contributed by atoms with van der Waals surface area (Å²) >= 11 is 6.45. The Kier molecular flexibility index (Phi) is 12.5. The number of hydrogen-bond donors (Lipinski definition) is 2. The van der Waals surface area contributed by atoms with E-state index in [-0.39, 0.29) is 38.0 Å². The third-order valence-corrected chi connectivity index (χ3v) is 8.21. The molecule has 1 fully saturated rings. The number of aliphatic carboxylic acids is 1. The molecule has 0 unspecified atom stereocenters. The van der Waals surface area contributed by atoms with E-state index in [1.807, 2.05) is 30.3 Å². The summed E-state index contributed by atoms with van der Waals surface area (Å²) in [5, 5.41) is 26.0. The maximum absolute atomic E-state index is 12.8. The SMILES string of the molecule is CC(=O)O.CC1=NN(c2ccccc2)C(=N)/C1=C(/[S-])SN=Nc1ccc(S(=O)(=O)N2CCCCC2)cc1.[Pb]. The molecular weight excluding hydrogens is 740 g/mol. The zero-order valence-corrected chi connectivity index (χ0v) is 27.2. The van der Waals surface area contributed by atoms with Gasteiger partial charge in [-0.1, -0.05) is 24.6 Å². The quantitative estimate of drug-likeness (QED) is 0.184. The molecule has 10 nitrogen and oxygen atoms in total. The number of para-hydroxylation sites is 1. The molecule has 0 saturated carbocycles. The summed E-state index contributed by atoms with van der Waals surface area (Å²) in [6.07, 6.45) is 2.86. The summed E-state index contributed by atoms with van der Waals surface area (Å²) in [6, 6.07) is 15.8. The van der Waals surface area contributed by atoms with Crippen LogP contribution in [0.2, 0.25) is 0 Å². The molecule has 4 rings (SSSR count). The van der Waals surface area contributed by atoms with Gasteiger partial charge in [0.05, 0.1) is 22.0 Å². The first-order chi connectivity index (χ1) is 17.6. The number of piperidine rings is 1. The zero-order valence-electron chi connectivity index (χ0n) is 20.9. The van der Waals surface area contributed by atoms with Gasteiger partial charge in [0.25, 0.3) is 5.97 Å². The molecule has 2 aromatic carbocycles. The molecule has 4 radical (unpaired) electrons. The van der Waals surface area contributed by atoms with Crippen LogP contribution < -0.4 is 5.01 Å². The Morgan fingerprint density at radius 1 is 1.08 bits per heavy atom. The summed E-state index contributed by atoms with van der Waals surface area (Å²) in [4.78, 5) is 9.26. The van der Waals surface area contributed by atoms with Gasteiger partial charge in [-0.25, -0.2) is 13.4 Å². The van der Waals surface area contributed by atoms with Crippen LogP contribution >= 0.6 is 11.9 Å². The van der Waals surface area contributed by atoms with Gasteiger partial charge in [-0.05, 0) is 56.2 Å². The van der Waals surface area contributed by atoms with Crippen molar-refractivity contribution in [2.45, 2.75) is 38.0 Å². The van der Waals surface area contributed by atoms with Gasteiger partial charge >= 0.3 is 0 Å². The van der Waals surface area contributed by atoms with Gasteiger partial charge in [0.15, 0.2) is 5.84 Å². The number of carboxylic acids is 1. The van der Waals surface area contributed by atoms with Crippen LogP contribution in [0.5, 0.6) is 0 Å². The molecule has 0 aliphatic carbocycles. The van der Waals surface area contributed by atoms with Crippen molar-refractivity contribution in [1.82, 2.24) is 4.31 Å². The zero-order chi connectivity index (χ0) is 27.0. The van der Waals surface area contributed by atoms with Crippen LogP contribution in [-0.2, 0) is 27.4 Å². The smallest absolute Gasteiger partial charge is 0.300 e. The average Bonchev–Trinajstić information content (AvgIpc) is 3.18. The number of nitrogens with one attached hydrogen (secondary N) is 1. The van der Waals surface area contributed by atoms with Crippen molar-refractivity contribution in [2.75, 3.05) is 18.1 Å². The number of carboxylic acid groups (broad SMARTS) is 1. The molecule has 2 heterocycles. The second-order valence-corrected chi connectivity index (χ2v) is 11.5. The number of nitrogens with zero attached hydrogens (tertiary/aromatic N) is 5. The molecule has 0 amide bonds. The Morgan fingerprint density at radius 3 is 2.24 bits per heavy atom. The largest absolute Gasteiger partial charge is 0.770 e. The second-order valence-electron chi connectivity index (χ2n) is 8.09. The van der Waals surface area contributed by atoms with Gasteiger partial charge in [-0.15, -0.1) is 13.9 Å². The third kappa shape index (κ3) is 8.39. The van der Waals surface area contributed by atoms with Gasteiger partial charge in [0.2, 0.25) is 10.0 Å². The number of hydrogen-bond acceptors (Lipinski definition) is 9. The Morgan fingerprint density at radius 2 is 1.66 bits per heavy atom. The summed E-state index contributed by atoms with van der Waals surface area (Å²) in [6.45, 7) is 4.02. The molecule has 2 aliphatic rings. The van der Waals surface area contributed by atoms with Crippen molar-refractivity contribution in [2.24, 2.45) is 14.7 Å². The first kappa shape index (κ1) is 32.0. The molecule has 200 valence electrons. The van der Waals surface area contributed by atoms with Crippen molar-refractivity contribution < 1.29 is 18.3 Å². The van der Waals surface area contributed by atoms with Crippen LogP contribution in [0.3, 0.4) is 0 Å². The van der Waals surface area contributed by atoms with E-state index < -0.39 is 16.0 Å². The van der Waals surface area contributed by atoms with Crippen molar-refractivity contribution in [3.05, 3.63) is 64.4 Å². The summed E-state index contributed by atoms with van der Waals surface area (Å²) in [7, 11) is -3.47. The average molecular weight is 767 g/mol. The number of hydrazone groups is 1. The van der Waals surface area contributed by atoms with E-state index in [4.69, 9.17) is 27.9 Å². The monoisotopic (exact) mass is 767 g/mol. The number of carbonyl (C=O) groups is 1. The number of benzene rings is 2. The van der Waals surface area contributed by atoms with Crippen LogP contribution in [0.4, 0.5) is 11.4 Å². The van der Waals surface area contributed by atoms with E-state index in [2.05, 4.69) is 14.7 Å². The molecule has 2 aromatic rings.